The van der Waals surface area contributed by atoms with Gasteiger partial charge in [-0.15, -0.1) is 0 Å². The highest BCUT2D eigenvalue weighted by atomic mass is 16.6. The van der Waals surface area contributed by atoms with Crippen LogP contribution in [0.4, 0.5) is 5.69 Å². The first-order valence-electron chi connectivity index (χ1n) is 6.30. The monoisotopic (exact) mass is 284 g/mol. The molecule has 0 bridgehead atoms. The van der Waals surface area contributed by atoms with Crippen LogP contribution in [0.1, 0.15) is 17.4 Å². The van der Waals surface area contributed by atoms with Crippen LogP contribution in [0.2, 0.25) is 0 Å². The summed E-state index contributed by atoms with van der Waals surface area (Å²) in [5.41, 5.74) is -1.04. The van der Waals surface area contributed by atoms with E-state index in [1.54, 1.807) is 0 Å². The molecule has 1 fully saturated rings. The first kappa shape index (κ1) is 14.4. The van der Waals surface area contributed by atoms with Crippen molar-refractivity contribution in [1.82, 2.24) is 14.7 Å². The van der Waals surface area contributed by atoms with Crippen LogP contribution in [0, 0.1) is 10.1 Å². The fraction of sp³-hybridized carbons (Fsp3) is 0.636. The van der Waals surface area contributed by atoms with Gasteiger partial charge in [-0.05, 0) is 6.54 Å². The van der Waals surface area contributed by atoms with Gasteiger partial charge in [-0.1, -0.05) is 6.92 Å². The van der Waals surface area contributed by atoms with Crippen LogP contribution in [-0.2, 0) is 11.3 Å². The van der Waals surface area contributed by atoms with E-state index in [0.717, 1.165) is 19.3 Å². The van der Waals surface area contributed by atoms with Gasteiger partial charge in [0.25, 0.3) is 0 Å². The molecule has 20 heavy (non-hydrogen) atoms. The molecule has 1 aromatic heterocycles. The Hall–Kier alpha value is -2.00. The van der Waals surface area contributed by atoms with Gasteiger partial charge in [-0.2, -0.15) is 5.10 Å². The lowest BCUT2D eigenvalue weighted by atomic mass is 10.2. The summed E-state index contributed by atoms with van der Waals surface area (Å²) in [7, 11) is 0. The summed E-state index contributed by atoms with van der Waals surface area (Å²) >= 11 is 0. The van der Waals surface area contributed by atoms with E-state index in [-0.39, 0.29) is 6.10 Å². The molecular formula is C11H16N4O5. The van der Waals surface area contributed by atoms with Gasteiger partial charge in [0, 0.05) is 13.1 Å². The number of morpholine rings is 1. The van der Waals surface area contributed by atoms with Crippen molar-refractivity contribution in [2.24, 2.45) is 0 Å². The molecule has 2 rings (SSSR count). The molecule has 1 saturated heterocycles. The summed E-state index contributed by atoms with van der Waals surface area (Å²) in [6, 6.07) is 0. The fourth-order valence-electron chi connectivity index (χ4n) is 2.18. The number of carbonyl (C=O) groups is 1. The number of rotatable bonds is 5. The lowest BCUT2D eigenvalue weighted by molar-refractivity contribution is -0.385. The molecule has 0 aliphatic carbocycles. The first-order chi connectivity index (χ1) is 9.51. The summed E-state index contributed by atoms with van der Waals surface area (Å²) in [6.45, 7) is 5.39. The van der Waals surface area contributed by atoms with E-state index in [2.05, 4.69) is 10.00 Å². The van der Waals surface area contributed by atoms with Crippen LogP contribution in [0.5, 0.6) is 0 Å². The van der Waals surface area contributed by atoms with E-state index in [1.165, 1.54) is 4.68 Å². The van der Waals surface area contributed by atoms with Gasteiger partial charge in [0.1, 0.15) is 6.20 Å². The molecule has 1 atom stereocenters. The molecule has 110 valence electrons. The van der Waals surface area contributed by atoms with Crippen LogP contribution >= 0.6 is 0 Å². The zero-order valence-corrected chi connectivity index (χ0v) is 11.1. The van der Waals surface area contributed by atoms with Crippen LogP contribution in [0.15, 0.2) is 6.20 Å². The Morgan fingerprint density at radius 1 is 1.70 bits per heavy atom. The second-order valence-corrected chi connectivity index (χ2v) is 4.53. The van der Waals surface area contributed by atoms with Crippen LogP contribution in [0.3, 0.4) is 0 Å². The third-order valence-corrected chi connectivity index (χ3v) is 3.20. The van der Waals surface area contributed by atoms with Crippen molar-refractivity contribution < 1.29 is 19.6 Å². The standard InChI is InChI=1S/C11H16N4O5/c1-2-13-3-4-20-8(5-13)6-14-7-9(15(18)19)10(12-14)11(16)17/h7-8H,2-6H2,1H3,(H,16,17). The number of carboxylic acids is 1. The molecule has 0 saturated carbocycles. The molecule has 1 N–H and O–H groups in total. The SMILES string of the molecule is CCN1CCOC(Cn2cc([N+](=O)[O-])c(C(=O)O)n2)C1. The molecular weight excluding hydrogens is 268 g/mol. The minimum atomic E-state index is -1.41. The zero-order valence-electron chi connectivity index (χ0n) is 11.1. The summed E-state index contributed by atoms with van der Waals surface area (Å²) in [6.07, 6.45) is 0.988. The zero-order chi connectivity index (χ0) is 14.7. The maximum absolute atomic E-state index is 10.9. The number of aromatic carboxylic acids is 1. The topological polar surface area (TPSA) is 111 Å². The predicted octanol–water partition coefficient (Wildman–Crippen LogP) is 0.210. The maximum atomic E-state index is 10.9. The van der Waals surface area contributed by atoms with Gasteiger partial charge >= 0.3 is 11.7 Å². The van der Waals surface area contributed by atoms with E-state index < -0.39 is 22.3 Å². The number of hydrogen-bond donors (Lipinski definition) is 1. The Labute approximate surface area is 114 Å². The molecule has 9 nitrogen and oxygen atoms in total. The number of nitrogens with zero attached hydrogens (tertiary/aromatic N) is 4. The van der Waals surface area contributed by atoms with E-state index in [4.69, 9.17) is 9.84 Å². The summed E-state index contributed by atoms with van der Waals surface area (Å²) in [5.74, 6) is -1.41. The van der Waals surface area contributed by atoms with Crippen molar-refractivity contribution in [2.75, 3.05) is 26.2 Å². The molecule has 1 aliphatic heterocycles. The van der Waals surface area contributed by atoms with Crippen molar-refractivity contribution in [3.8, 4) is 0 Å². The van der Waals surface area contributed by atoms with Crippen molar-refractivity contribution in [2.45, 2.75) is 19.6 Å². The third-order valence-electron chi connectivity index (χ3n) is 3.20. The average Bonchev–Trinajstić information content (AvgIpc) is 2.83. The fourth-order valence-corrected chi connectivity index (χ4v) is 2.18. The normalized spacial score (nSPS) is 19.9. The molecule has 0 radical (unpaired) electrons. The number of likely N-dealkylation sites (N-methyl/N-ethyl adjacent to an activating group) is 1. The van der Waals surface area contributed by atoms with Gasteiger partial charge in [0.15, 0.2) is 0 Å². The van der Waals surface area contributed by atoms with E-state index >= 15 is 0 Å². The van der Waals surface area contributed by atoms with Gasteiger partial charge in [0.2, 0.25) is 5.69 Å². The van der Waals surface area contributed by atoms with Gasteiger partial charge in [-0.3, -0.25) is 19.7 Å². The third kappa shape index (κ3) is 3.11. The lowest BCUT2D eigenvalue weighted by Gasteiger charge is -2.31. The van der Waals surface area contributed by atoms with Gasteiger partial charge in [-0.25, -0.2) is 4.79 Å². The Morgan fingerprint density at radius 2 is 2.45 bits per heavy atom. The Balaban J connectivity index is 2.11. The number of aromatic nitrogens is 2. The van der Waals surface area contributed by atoms with E-state index in [9.17, 15) is 14.9 Å². The summed E-state index contributed by atoms with van der Waals surface area (Å²) < 4.78 is 6.83. The summed E-state index contributed by atoms with van der Waals surface area (Å²) in [5, 5.41) is 23.4. The van der Waals surface area contributed by atoms with E-state index in [0.29, 0.717) is 19.7 Å². The smallest absolute Gasteiger partial charge is 0.363 e. The lowest BCUT2D eigenvalue weighted by Crippen LogP contribution is -2.44. The number of nitro groups is 1. The van der Waals surface area contributed by atoms with E-state index in [1.807, 2.05) is 6.92 Å². The highest BCUT2D eigenvalue weighted by molar-refractivity contribution is 5.89. The van der Waals surface area contributed by atoms with Crippen molar-refractivity contribution >= 4 is 11.7 Å². The second-order valence-electron chi connectivity index (χ2n) is 4.53. The Kier molecular flexibility index (Phi) is 4.30. The number of hydrogen-bond acceptors (Lipinski definition) is 6. The number of ether oxygens (including phenoxy) is 1. The average molecular weight is 284 g/mol. The van der Waals surface area contributed by atoms with Crippen LogP contribution in [-0.4, -0.2) is 63.0 Å². The molecule has 1 unspecified atom stereocenters. The largest absolute Gasteiger partial charge is 0.476 e. The van der Waals surface area contributed by atoms with Crippen molar-refractivity contribution in [3.63, 3.8) is 0 Å². The van der Waals surface area contributed by atoms with Crippen molar-refractivity contribution in [1.29, 1.82) is 0 Å². The van der Waals surface area contributed by atoms with Crippen LogP contribution in [0.25, 0.3) is 0 Å². The highest BCUT2D eigenvalue weighted by Gasteiger charge is 2.27. The quantitative estimate of drug-likeness (QED) is 0.607. The molecule has 0 amide bonds. The second kappa shape index (κ2) is 5.97. The first-order valence-corrected chi connectivity index (χ1v) is 6.30. The molecule has 9 heteroatoms. The van der Waals surface area contributed by atoms with Crippen molar-refractivity contribution in [3.05, 3.63) is 22.0 Å². The Morgan fingerprint density at radius 3 is 3.00 bits per heavy atom. The minimum Gasteiger partial charge on any atom is -0.476 e. The van der Waals surface area contributed by atoms with Gasteiger partial charge < -0.3 is 9.84 Å². The number of carboxylic acid groups (broad SMARTS) is 1. The van der Waals surface area contributed by atoms with Crippen LogP contribution < -0.4 is 0 Å². The van der Waals surface area contributed by atoms with Gasteiger partial charge in [0.05, 0.1) is 24.2 Å². The Bertz CT molecular complexity index is 483. The molecule has 1 aliphatic rings. The molecule has 0 spiro atoms. The minimum absolute atomic E-state index is 0.148. The molecule has 1 aromatic rings. The highest BCUT2D eigenvalue weighted by Crippen LogP contribution is 2.17. The molecule has 2 heterocycles. The predicted molar refractivity (Wildman–Crippen MR) is 67.7 cm³/mol. The molecule has 0 aromatic carbocycles. The summed E-state index contributed by atoms with van der Waals surface area (Å²) in [4.78, 5) is 23.1. The maximum Gasteiger partial charge on any atom is 0.363 e.